The molecule has 112 valence electrons. The average Bonchev–Trinajstić information content (AvgIpc) is 2.41. The van der Waals surface area contributed by atoms with Gasteiger partial charge in [-0.3, -0.25) is 4.90 Å². The van der Waals surface area contributed by atoms with Gasteiger partial charge in [0.2, 0.25) is 0 Å². The van der Waals surface area contributed by atoms with Gasteiger partial charge in [-0.25, -0.2) is 4.98 Å². The van der Waals surface area contributed by atoms with E-state index >= 15 is 0 Å². The number of piperazine rings is 1. The molecule has 1 aromatic rings. The van der Waals surface area contributed by atoms with Crippen molar-refractivity contribution < 1.29 is 0 Å². The number of aromatic nitrogens is 1. The lowest BCUT2D eigenvalue weighted by atomic mass is 10.1. The third-order valence-electron chi connectivity index (χ3n) is 4.15. The van der Waals surface area contributed by atoms with E-state index in [1.807, 2.05) is 7.05 Å². The molecule has 20 heavy (non-hydrogen) atoms. The molecule has 0 radical (unpaired) electrons. The van der Waals surface area contributed by atoms with Crippen molar-refractivity contribution in [1.29, 1.82) is 0 Å². The molecule has 1 aliphatic rings. The smallest absolute Gasteiger partial charge is 0.133 e. The van der Waals surface area contributed by atoms with E-state index in [2.05, 4.69) is 48.9 Å². The van der Waals surface area contributed by atoms with Crippen molar-refractivity contribution in [2.75, 3.05) is 38.1 Å². The van der Waals surface area contributed by atoms with E-state index in [-0.39, 0.29) is 0 Å². The predicted molar refractivity (Wildman–Crippen MR) is 85.4 cm³/mol. The Morgan fingerprint density at radius 3 is 2.40 bits per heavy atom. The highest BCUT2D eigenvalue weighted by Gasteiger charge is 2.22. The Morgan fingerprint density at radius 1 is 1.20 bits per heavy atom. The summed E-state index contributed by atoms with van der Waals surface area (Å²) in [6, 6.07) is 2.82. The molecule has 1 fully saturated rings. The number of aryl methyl sites for hydroxylation is 2. The van der Waals surface area contributed by atoms with Gasteiger partial charge < -0.3 is 10.2 Å². The Balaban J connectivity index is 2.20. The minimum absolute atomic E-state index is 0.640. The summed E-state index contributed by atoms with van der Waals surface area (Å²) in [6.07, 6.45) is 0. The third-order valence-corrected chi connectivity index (χ3v) is 4.15. The van der Waals surface area contributed by atoms with Crippen molar-refractivity contribution in [3.05, 3.63) is 22.9 Å². The molecule has 2 rings (SSSR count). The van der Waals surface area contributed by atoms with Gasteiger partial charge in [0.15, 0.2) is 0 Å². The third kappa shape index (κ3) is 3.30. The van der Waals surface area contributed by atoms with Crippen molar-refractivity contribution in [3.63, 3.8) is 0 Å². The minimum Gasteiger partial charge on any atom is -0.354 e. The molecular weight excluding hydrogens is 248 g/mol. The molecule has 1 N–H and O–H groups in total. The largest absolute Gasteiger partial charge is 0.354 e. The molecule has 0 saturated carbocycles. The number of rotatable bonds is 4. The first-order valence-electron chi connectivity index (χ1n) is 7.63. The fourth-order valence-electron chi connectivity index (χ4n) is 2.95. The monoisotopic (exact) mass is 276 g/mol. The second-order valence-corrected chi connectivity index (χ2v) is 6.03. The lowest BCUT2D eigenvalue weighted by Gasteiger charge is -2.38. The van der Waals surface area contributed by atoms with Gasteiger partial charge in [0, 0.05) is 50.0 Å². The van der Waals surface area contributed by atoms with Gasteiger partial charge in [0.25, 0.3) is 0 Å². The van der Waals surface area contributed by atoms with Crippen molar-refractivity contribution in [1.82, 2.24) is 15.2 Å². The molecule has 2 heterocycles. The quantitative estimate of drug-likeness (QED) is 0.911. The van der Waals surface area contributed by atoms with Gasteiger partial charge in [-0.15, -0.1) is 0 Å². The molecule has 0 spiro atoms. The van der Waals surface area contributed by atoms with E-state index in [1.165, 1.54) is 16.9 Å². The number of nitrogens with one attached hydrogen (secondary N) is 1. The fraction of sp³-hybridized carbons (Fsp3) is 0.688. The zero-order chi connectivity index (χ0) is 14.7. The molecule has 0 bridgehead atoms. The zero-order valence-corrected chi connectivity index (χ0v) is 13.5. The van der Waals surface area contributed by atoms with Gasteiger partial charge in [-0.2, -0.15) is 0 Å². The predicted octanol–water partition coefficient (Wildman–Crippen LogP) is 1.95. The maximum atomic E-state index is 4.81. The van der Waals surface area contributed by atoms with Gasteiger partial charge in [0.05, 0.1) is 0 Å². The molecule has 1 saturated heterocycles. The van der Waals surface area contributed by atoms with Crippen molar-refractivity contribution >= 4 is 5.82 Å². The van der Waals surface area contributed by atoms with E-state index in [9.17, 15) is 0 Å². The summed E-state index contributed by atoms with van der Waals surface area (Å²) in [6.45, 7) is 14.1. The average molecular weight is 276 g/mol. The Kier molecular flexibility index (Phi) is 5.00. The van der Waals surface area contributed by atoms with Crippen LogP contribution in [-0.4, -0.2) is 49.2 Å². The van der Waals surface area contributed by atoms with E-state index in [0.717, 1.165) is 38.4 Å². The second-order valence-electron chi connectivity index (χ2n) is 6.03. The van der Waals surface area contributed by atoms with E-state index in [4.69, 9.17) is 4.98 Å². The van der Waals surface area contributed by atoms with Crippen molar-refractivity contribution in [2.45, 2.75) is 40.3 Å². The number of hydrogen-bond acceptors (Lipinski definition) is 4. The van der Waals surface area contributed by atoms with Crippen molar-refractivity contribution in [2.24, 2.45) is 0 Å². The first-order valence-corrected chi connectivity index (χ1v) is 7.63. The van der Waals surface area contributed by atoms with E-state index in [1.54, 1.807) is 0 Å². The molecule has 0 aromatic carbocycles. The summed E-state index contributed by atoms with van der Waals surface area (Å²) < 4.78 is 0. The number of hydrogen-bond donors (Lipinski definition) is 1. The summed E-state index contributed by atoms with van der Waals surface area (Å²) in [5, 5.41) is 3.27. The first kappa shape index (κ1) is 15.3. The maximum Gasteiger partial charge on any atom is 0.133 e. The highest BCUT2D eigenvalue weighted by Crippen LogP contribution is 2.24. The lowest BCUT2D eigenvalue weighted by molar-refractivity contribution is 0.209. The Morgan fingerprint density at radius 2 is 1.85 bits per heavy atom. The van der Waals surface area contributed by atoms with Crippen molar-refractivity contribution in [3.8, 4) is 0 Å². The van der Waals surface area contributed by atoms with Crippen LogP contribution < -0.4 is 10.2 Å². The number of pyridine rings is 1. The van der Waals surface area contributed by atoms with Gasteiger partial charge in [-0.05, 0) is 46.4 Å². The van der Waals surface area contributed by atoms with Crippen LogP contribution in [0.4, 0.5) is 5.82 Å². The first-order chi connectivity index (χ1) is 9.52. The van der Waals surface area contributed by atoms with Crippen LogP contribution in [0.1, 0.15) is 30.7 Å². The normalized spacial score (nSPS) is 17.0. The molecule has 0 amide bonds. The highest BCUT2D eigenvalue weighted by atomic mass is 15.3. The van der Waals surface area contributed by atoms with Crippen LogP contribution in [0, 0.1) is 13.8 Å². The minimum atomic E-state index is 0.640. The maximum absolute atomic E-state index is 4.81. The Hall–Kier alpha value is -1.13. The van der Waals surface area contributed by atoms with Crippen LogP contribution >= 0.6 is 0 Å². The molecule has 1 aromatic heterocycles. The molecular formula is C16H28N4. The topological polar surface area (TPSA) is 31.4 Å². The van der Waals surface area contributed by atoms with Crippen LogP contribution in [0.3, 0.4) is 0 Å². The molecule has 4 nitrogen and oxygen atoms in total. The molecule has 0 unspecified atom stereocenters. The van der Waals surface area contributed by atoms with Crippen LogP contribution in [0.15, 0.2) is 6.07 Å². The van der Waals surface area contributed by atoms with Crippen LogP contribution in [0.25, 0.3) is 0 Å². The zero-order valence-electron chi connectivity index (χ0n) is 13.5. The van der Waals surface area contributed by atoms with Crippen LogP contribution in [-0.2, 0) is 6.54 Å². The molecule has 0 atom stereocenters. The van der Waals surface area contributed by atoms with Gasteiger partial charge >= 0.3 is 0 Å². The van der Waals surface area contributed by atoms with E-state index < -0.39 is 0 Å². The summed E-state index contributed by atoms with van der Waals surface area (Å²) in [5.74, 6) is 1.18. The highest BCUT2D eigenvalue weighted by molar-refractivity contribution is 5.52. The Bertz CT molecular complexity index is 448. The molecule has 4 heteroatoms. The molecule has 1 aliphatic heterocycles. The summed E-state index contributed by atoms with van der Waals surface area (Å²) in [4.78, 5) is 9.80. The lowest BCUT2D eigenvalue weighted by Crippen LogP contribution is -2.49. The summed E-state index contributed by atoms with van der Waals surface area (Å²) in [7, 11) is 2.00. The van der Waals surface area contributed by atoms with Gasteiger partial charge in [-0.1, -0.05) is 0 Å². The Labute approximate surface area is 123 Å². The SMILES string of the molecule is CNCc1c(C)cc(C)nc1N1CCN(C(C)C)CC1. The standard InChI is InChI=1S/C16H28N4/c1-12(2)19-6-8-20(9-7-19)16-15(11-17-5)13(3)10-14(4)18-16/h10,12,17H,6-9,11H2,1-5H3. The summed E-state index contributed by atoms with van der Waals surface area (Å²) in [5.41, 5.74) is 3.80. The van der Waals surface area contributed by atoms with E-state index in [0.29, 0.717) is 6.04 Å². The second kappa shape index (κ2) is 6.55. The number of nitrogens with zero attached hydrogens (tertiary/aromatic N) is 3. The number of anilines is 1. The fourth-order valence-corrected chi connectivity index (χ4v) is 2.95. The van der Waals surface area contributed by atoms with Gasteiger partial charge in [0.1, 0.15) is 5.82 Å². The summed E-state index contributed by atoms with van der Waals surface area (Å²) >= 11 is 0. The van der Waals surface area contributed by atoms with Crippen LogP contribution in [0.5, 0.6) is 0 Å². The molecule has 0 aliphatic carbocycles. The van der Waals surface area contributed by atoms with Crippen LogP contribution in [0.2, 0.25) is 0 Å².